The van der Waals surface area contributed by atoms with Crippen LogP contribution in [0.2, 0.25) is 0 Å². The molecule has 0 saturated heterocycles. The van der Waals surface area contributed by atoms with Crippen LogP contribution in [0, 0.1) is 0 Å². The molecule has 0 amide bonds. The lowest BCUT2D eigenvalue weighted by Crippen LogP contribution is -2.19. The van der Waals surface area contributed by atoms with Crippen LogP contribution in [0.15, 0.2) is 36.8 Å². The fraction of sp³-hybridized carbons (Fsp3) is 0.308. The van der Waals surface area contributed by atoms with E-state index in [1.165, 1.54) is 6.33 Å². The van der Waals surface area contributed by atoms with Gasteiger partial charge in [0.2, 0.25) is 0 Å². The Labute approximate surface area is 112 Å². The lowest BCUT2D eigenvalue weighted by atomic mass is 10.3. The lowest BCUT2D eigenvalue weighted by Gasteiger charge is -2.18. The number of aliphatic hydroxyl groups is 1. The lowest BCUT2D eigenvalue weighted by molar-refractivity contribution is 0.311. The van der Waals surface area contributed by atoms with Gasteiger partial charge in [0, 0.05) is 25.9 Å². The van der Waals surface area contributed by atoms with E-state index in [-0.39, 0.29) is 6.61 Å². The molecular formula is C13H17N5O. The molecule has 0 atom stereocenters. The molecule has 100 valence electrons. The zero-order valence-electron chi connectivity index (χ0n) is 10.8. The zero-order chi connectivity index (χ0) is 13.5. The molecule has 0 aliphatic rings. The molecule has 2 rings (SSSR count). The number of nitrogens with one attached hydrogen (secondary N) is 1. The van der Waals surface area contributed by atoms with Crippen molar-refractivity contribution in [2.24, 2.45) is 0 Å². The minimum absolute atomic E-state index is 0.0725. The van der Waals surface area contributed by atoms with Crippen molar-refractivity contribution in [2.75, 3.05) is 30.4 Å². The van der Waals surface area contributed by atoms with E-state index in [9.17, 15) is 0 Å². The van der Waals surface area contributed by atoms with E-state index in [0.29, 0.717) is 18.9 Å². The molecule has 19 heavy (non-hydrogen) atoms. The summed E-state index contributed by atoms with van der Waals surface area (Å²) >= 11 is 0. The smallest absolute Gasteiger partial charge is 0.134 e. The van der Waals surface area contributed by atoms with Gasteiger partial charge in [-0.15, -0.1) is 0 Å². The van der Waals surface area contributed by atoms with Crippen molar-refractivity contribution in [3.63, 3.8) is 0 Å². The summed E-state index contributed by atoms with van der Waals surface area (Å²) in [6.45, 7) is 1.22. The van der Waals surface area contributed by atoms with Crippen molar-refractivity contribution < 1.29 is 5.11 Å². The maximum atomic E-state index is 8.78. The summed E-state index contributed by atoms with van der Waals surface area (Å²) in [4.78, 5) is 14.6. The second-order valence-electron chi connectivity index (χ2n) is 4.09. The second-order valence-corrected chi connectivity index (χ2v) is 4.09. The van der Waals surface area contributed by atoms with Crippen LogP contribution >= 0.6 is 0 Å². The highest BCUT2D eigenvalue weighted by atomic mass is 16.3. The molecule has 6 nitrogen and oxygen atoms in total. The molecule has 0 fully saturated rings. The Hall–Kier alpha value is -2.21. The molecule has 2 heterocycles. The first-order valence-corrected chi connectivity index (χ1v) is 6.07. The number of aromatic nitrogens is 3. The number of aliphatic hydroxyl groups excluding tert-OH is 1. The molecular weight excluding hydrogens is 242 g/mol. The van der Waals surface area contributed by atoms with E-state index in [0.717, 1.165) is 11.5 Å². The molecule has 0 spiro atoms. The maximum Gasteiger partial charge on any atom is 0.134 e. The van der Waals surface area contributed by atoms with Gasteiger partial charge in [0.1, 0.15) is 18.0 Å². The van der Waals surface area contributed by atoms with Crippen LogP contribution < -0.4 is 10.2 Å². The van der Waals surface area contributed by atoms with E-state index in [2.05, 4.69) is 20.3 Å². The van der Waals surface area contributed by atoms with Crippen molar-refractivity contribution >= 4 is 11.6 Å². The van der Waals surface area contributed by atoms with Crippen LogP contribution in [0.3, 0.4) is 0 Å². The highest BCUT2D eigenvalue weighted by Crippen LogP contribution is 2.14. The van der Waals surface area contributed by atoms with Crippen LogP contribution in [-0.4, -0.2) is 40.3 Å². The molecule has 0 saturated carbocycles. The normalized spacial score (nSPS) is 10.2. The van der Waals surface area contributed by atoms with E-state index in [1.807, 2.05) is 36.2 Å². The predicted molar refractivity (Wildman–Crippen MR) is 74.0 cm³/mol. The fourth-order valence-corrected chi connectivity index (χ4v) is 1.65. The Bertz CT molecular complexity index is 505. The quantitative estimate of drug-likeness (QED) is 0.803. The largest absolute Gasteiger partial charge is 0.395 e. The number of rotatable bonds is 6. The highest BCUT2D eigenvalue weighted by molar-refractivity contribution is 5.48. The Morgan fingerprint density at radius 1 is 1.26 bits per heavy atom. The Morgan fingerprint density at radius 2 is 2.16 bits per heavy atom. The highest BCUT2D eigenvalue weighted by Gasteiger charge is 2.05. The third-order valence-corrected chi connectivity index (χ3v) is 2.59. The summed E-state index contributed by atoms with van der Waals surface area (Å²) in [5, 5.41) is 11.8. The van der Waals surface area contributed by atoms with Crippen LogP contribution in [0.1, 0.15) is 5.69 Å². The van der Waals surface area contributed by atoms with Gasteiger partial charge in [-0.3, -0.25) is 4.98 Å². The van der Waals surface area contributed by atoms with Gasteiger partial charge in [-0.25, -0.2) is 9.97 Å². The SMILES string of the molecule is CN(Cc1ccccn1)c1cc(NCCO)ncn1. The Morgan fingerprint density at radius 3 is 2.89 bits per heavy atom. The molecule has 2 N–H and O–H groups in total. The van der Waals surface area contributed by atoms with Gasteiger partial charge in [0.05, 0.1) is 18.8 Å². The van der Waals surface area contributed by atoms with Crippen molar-refractivity contribution in [1.29, 1.82) is 0 Å². The minimum atomic E-state index is 0.0725. The topological polar surface area (TPSA) is 74.2 Å². The van der Waals surface area contributed by atoms with Gasteiger partial charge in [-0.05, 0) is 12.1 Å². The van der Waals surface area contributed by atoms with Crippen LogP contribution in [0.4, 0.5) is 11.6 Å². The Balaban J connectivity index is 2.04. The first kappa shape index (κ1) is 13.2. The van der Waals surface area contributed by atoms with E-state index in [4.69, 9.17) is 5.11 Å². The van der Waals surface area contributed by atoms with Crippen LogP contribution in [0.25, 0.3) is 0 Å². The number of anilines is 2. The van der Waals surface area contributed by atoms with Gasteiger partial charge in [-0.2, -0.15) is 0 Å². The number of pyridine rings is 1. The van der Waals surface area contributed by atoms with Gasteiger partial charge in [0.15, 0.2) is 0 Å². The van der Waals surface area contributed by atoms with Crippen molar-refractivity contribution in [1.82, 2.24) is 15.0 Å². The maximum absolute atomic E-state index is 8.78. The zero-order valence-corrected chi connectivity index (χ0v) is 10.8. The van der Waals surface area contributed by atoms with Gasteiger partial charge < -0.3 is 15.3 Å². The number of hydrogen-bond donors (Lipinski definition) is 2. The van der Waals surface area contributed by atoms with Crippen LogP contribution in [0.5, 0.6) is 0 Å². The van der Waals surface area contributed by atoms with Gasteiger partial charge in [0.25, 0.3) is 0 Å². The fourth-order valence-electron chi connectivity index (χ4n) is 1.65. The van der Waals surface area contributed by atoms with Gasteiger partial charge in [-0.1, -0.05) is 6.07 Å². The summed E-state index contributed by atoms with van der Waals surface area (Å²) in [6.07, 6.45) is 3.28. The molecule has 0 unspecified atom stereocenters. The standard InChI is InChI=1S/C13H17N5O/c1-18(9-11-4-2-3-5-14-11)13-8-12(15-6-7-19)16-10-17-13/h2-5,8,10,19H,6-7,9H2,1H3,(H,15,16,17). The van der Waals surface area contributed by atoms with Gasteiger partial charge >= 0.3 is 0 Å². The molecule has 0 bridgehead atoms. The second kappa shape index (κ2) is 6.65. The average Bonchev–Trinajstić information content (AvgIpc) is 2.46. The minimum Gasteiger partial charge on any atom is -0.395 e. The molecule has 0 aromatic carbocycles. The van der Waals surface area contributed by atoms with Crippen LogP contribution in [-0.2, 0) is 6.54 Å². The number of hydrogen-bond acceptors (Lipinski definition) is 6. The Kier molecular flexibility index (Phi) is 4.63. The third-order valence-electron chi connectivity index (χ3n) is 2.59. The van der Waals surface area contributed by atoms with E-state index in [1.54, 1.807) is 6.20 Å². The van der Waals surface area contributed by atoms with Crippen molar-refractivity contribution in [3.8, 4) is 0 Å². The van der Waals surface area contributed by atoms with Crippen molar-refractivity contribution in [3.05, 3.63) is 42.5 Å². The first-order chi connectivity index (χ1) is 9.29. The summed E-state index contributed by atoms with van der Waals surface area (Å²) in [5.41, 5.74) is 0.980. The molecule has 6 heteroatoms. The molecule has 0 radical (unpaired) electrons. The van der Waals surface area contributed by atoms with Crippen molar-refractivity contribution in [2.45, 2.75) is 6.54 Å². The molecule has 0 aliphatic carbocycles. The monoisotopic (exact) mass is 259 g/mol. The number of nitrogens with zero attached hydrogens (tertiary/aromatic N) is 4. The predicted octanol–water partition coefficient (Wildman–Crippen LogP) is 0.912. The summed E-state index contributed by atoms with van der Waals surface area (Å²) < 4.78 is 0. The summed E-state index contributed by atoms with van der Waals surface area (Å²) in [6, 6.07) is 7.68. The summed E-state index contributed by atoms with van der Waals surface area (Å²) in [7, 11) is 1.95. The molecule has 2 aromatic heterocycles. The third kappa shape index (κ3) is 3.89. The average molecular weight is 259 g/mol. The molecule has 2 aromatic rings. The van der Waals surface area contributed by atoms with E-state index >= 15 is 0 Å². The summed E-state index contributed by atoms with van der Waals surface area (Å²) in [5.74, 6) is 1.51. The first-order valence-electron chi connectivity index (χ1n) is 6.07. The molecule has 0 aliphatic heterocycles. The van der Waals surface area contributed by atoms with E-state index < -0.39 is 0 Å².